The third kappa shape index (κ3) is 5.69. The maximum Gasteiger partial charge on any atom is 0.320 e. The summed E-state index contributed by atoms with van der Waals surface area (Å²) in [5.41, 5.74) is 1.75. The normalized spacial score (nSPS) is 39.8. The van der Waals surface area contributed by atoms with E-state index in [0.29, 0.717) is 43.1 Å². The molecule has 0 aromatic carbocycles. The van der Waals surface area contributed by atoms with Crippen molar-refractivity contribution in [2.24, 2.45) is 28.6 Å². The summed E-state index contributed by atoms with van der Waals surface area (Å²) in [5, 5.41) is 0. The summed E-state index contributed by atoms with van der Waals surface area (Å²) in [6, 6.07) is 0. The molecule has 210 valence electrons. The van der Waals surface area contributed by atoms with Gasteiger partial charge >= 0.3 is 5.97 Å². The van der Waals surface area contributed by atoms with Crippen molar-refractivity contribution in [1.29, 1.82) is 0 Å². The van der Waals surface area contributed by atoms with Crippen molar-refractivity contribution in [3.63, 3.8) is 0 Å². The molecule has 6 heteroatoms. The lowest BCUT2D eigenvalue weighted by Crippen LogP contribution is -2.62. The van der Waals surface area contributed by atoms with Gasteiger partial charge in [0.1, 0.15) is 0 Å². The number of fused-ring (bicyclic) bond motifs is 3. The molecule has 2 heterocycles. The lowest BCUT2D eigenvalue weighted by Gasteiger charge is -2.63. The molecule has 0 amide bonds. The second-order valence-corrected chi connectivity index (χ2v) is 13.1. The molecule has 5 aliphatic rings. The van der Waals surface area contributed by atoms with E-state index in [1.54, 1.807) is 0 Å². The number of piperidine rings is 1. The molecule has 0 bridgehead atoms. The molecule has 0 aromatic rings. The van der Waals surface area contributed by atoms with E-state index in [-0.39, 0.29) is 23.1 Å². The zero-order chi connectivity index (χ0) is 26.0. The molecular formula is C31H51NO5. The van der Waals surface area contributed by atoms with Crippen LogP contribution in [0.15, 0.2) is 12.2 Å². The SMILES string of the molecule is C=C1CCC2[C@]3(C)CO[C@@H](C4CCCC4)O[C@@H]3CC[C@@]2(C)[C@@H]1CCOC1CCN(CC(=O)OCC)CC1. The van der Waals surface area contributed by atoms with Gasteiger partial charge in [0.25, 0.3) is 0 Å². The second-order valence-electron chi connectivity index (χ2n) is 13.1. The molecule has 37 heavy (non-hydrogen) atoms. The maximum absolute atomic E-state index is 11.8. The molecule has 5 rings (SSSR count). The number of likely N-dealkylation sites (tertiary alicyclic amines) is 1. The van der Waals surface area contributed by atoms with Crippen molar-refractivity contribution in [1.82, 2.24) is 4.90 Å². The zero-order valence-electron chi connectivity index (χ0n) is 23.7. The highest BCUT2D eigenvalue weighted by molar-refractivity contribution is 5.71. The summed E-state index contributed by atoms with van der Waals surface area (Å²) in [6.07, 6.45) is 13.5. The van der Waals surface area contributed by atoms with Gasteiger partial charge in [0.2, 0.25) is 0 Å². The van der Waals surface area contributed by atoms with Crippen molar-refractivity contribution < 1.29 is 23.7 Å². The highest BCUT2D eigenvalue weighted by Crippen LogP contribution is 2.63. The van der Waals surface area contributed by atoms with Crippen LogP contribution >= 0.6 is 0 Å². The Kier molecular flexibility index (Phi) is 8.70. The minimum absolute atomic E-state index is 0.0244. The van der Waals surface area contributed by atoms with Gasteiger partial charge in [0.15, 0.2) is 6.29 Å². The predicted molar refractivity (Wildman–Crippen MR) is 144 cm³/mol. The van der Waals surface area contributed by atoms with Crippen molar-refractivity contribution >= 4 is 5.97 Å². The first kappa shape index (κ1) is 27.6. The van der Waals surface area contributed by atoms with Gasteiger partial charge in [-0.1, -0.05) is 38.8 Å². The van der Waals surface area contributed by atoms with Crippen LogP contribution in [0.4, 0.5) is 0 Å². The van der Waals surface area contributed by atoms with Crippen LogP contribution in [0.5, 0.6) is 0 Å². The van der Waals surface area contributed by atoms with Crippen molar-refractivity contribution in [3.05, 3.63) is 12.2 Å². The van der Waals surface area contributed by atoms with Crippen LogP contribution in [0.3, 0.4) is 0 Å². The van der Waals surface area contributed by atoms with E-state index < -0.39 is 0 Å². The van der Waals surface area contributed by atoms with E-state index in [9.17, 15) is 4.79 Å². The standard InChI is InChI=1S/C31H51NO5/c1-5-34-28(33)20-32-17-13-24(14-18-32)35-19-15-25-22(2)10-11-26-30(25,3)16-12-27-31(26,4)21-36-29(37-27)23-8-6-7-9-23/h23-27,29H,2,5-21H2,1,3-4H3/t25-,26?,27-,29-,30+,31+/m1/s1. The molecule has 3 saturated carbocycles. The fourth-order valence-corrected chi connectivity index (χ4v) is 8.84. The smallest absolute Gasteiger partial charge is 0.320 e. The van der Waals surface area contributed by atoms with Crippen LogP contribution in [0.2, 0.25) is 0 Å². The number of carbonyl (C=O) groups is 1. The Morgan fingerprint density at radius 1 is 1.08 bits per heavy atom. The van der Waals surface area contributed by atoms with Crippen LogP contribution in [-0.2, 0) is 23.7 Å². The van der Waals surface area contributed by atoms with E-state index >= 15 is 0 Å². The topological polar surface area (TPSA) is 57.2 Å². The van der Waals surface area contributed by atoms with Gasteiger partial charge in [-0.3, -0.25) is 9.69 Å². The molecule has 3 aliphatic carbocycles. The lowest BCUT2D eigenvalue weighted by atomic mass is 9.46. The first-order valence-corrected chi connectivity index (χ1v) is 15.3. The molecule has 0 radical (unpaired) electrons. The van der Waals surface area contributed by atoms with Gasteiger partial charge in [-0.15, -0.1) is 0 Å². The molecular weight excluding hydrogens is 466 g/mol. The first-order chi connectivity index (χ1) is 17.8. The third-order valence-electron chi connectivity index (χ3n) is 10.9. The fraction of sp³-hybridized carbons (Fsp3) is 0.903. The number of allylic oxidation sites excluding steroid dienone is 1. The Labute approximate surface area is 224 Å². The molecule has 0 N–H and O–H groups in total. The Hall–Kier alpha value is -0.950. The van der Waals surface area contributed by atoms with Gasteiger partial charge in [0.05, 0.1) is 32.0 Å². The summed E-state index contributed by atoms with van der Waals surface area (Å²) < 4.78 is 24.8. The van der Waals surface area contributed by atoms with Crippen LogP contribution in [0.25, 0.3) is 0 Å². The van der Waals surface area contributed by atoms with Crippen LogP contribution < -0.4 is 0 Å². The summed E-state index contributed by atoms with van der Waals surface area (Å²) in [6.45, 7) is 15.7. The molecule has 6 nitrogen and oxygen atoms in total. The van der Waals surface area contributed by atoms with Gasteiger partial charge in [0, 0.05) is 31.0 Å². The molecule has 1 unspecified atom stereocenters. The minimum Gasteiger partial charge on any atom is -0.465 e. The zero-order valence-corrected chi connectivity index (χ0v) is 23.7. The fourth-order valence-electron chi connectivity index (χ4n) is 8.84. The molecule has 2 aliphatic heterocycles. The van der Waals surface area contributed by atoms with Crippen molar-refractivity contribution in [2.75, 3.05) is 39.5 Å². The average Bonchev–Trinajstić information content (AvgIpc) is 3.41. The van der Waals surface area contributed by atoms with Gasteiger partial charge < -0.3 is 18.9 Å². The molecule has 6 atom stereocenters. The summed E-state index contributed by atoms with van der Waals surface area (Å²) in [7, 11) is 0. The Balaban J connectivity index is 1.14. The number of hydrogen-bond acceptors (Lipinski definition) is 6. The highest BCUT2D eigenvalue weighted by atomic mass is 16.7. The number of hydrogen-bond donors (Lipinski definition) is 0. The molecule has 2 saturated heterocycles. The summed E-state index contributed by atoms with van der Waals surface area (Å²) in [4.78, 5) is 14.0. The van der Waals surface area contributed by atoms with Gasteiger partial charge in [-0.25, -0.2) is 0 Å². The Morgan fingerprint density at radius 3 is 2.57 bits per heavy atom. The van der Waals surface area contributed by atoms with Crippen LogP contribution in [0, 0.1) is 28.6 Å². The predicted octanol–water partition coefficient (Wildman–Crippen LogP) is 5.74. The van der Waals surface area contributed by atoms with Gasteiger partial charge in [-0.05, 0) is 82.0 Å². The Bertz CT molecular complexity index is 803. The number of ether oxygens (including phenoxy) is 4. The first-order valence-electron chi connectivity index (χ1n) is 15.3. The van der Waals surface area contributed by atoms with Gasteiger partial charge in [-0.2, -0.15) is 0 Å². The number of rotatable bonds is 8. The Morgan fingerprint density at radius 2 is 1.84 bits per heavy atom. The molecule has 5 fully saturated rings. The van der Waals surface area contributed by atoms with Crippen molar-refractivity contribution in [3.8, 4) is 0 Å². The number of esters is 1. The lowest BCUT2D eigenvalue weighted by molar-refractivity contribution is -0.316. The number of carbonyl (C=O) groups excluding carboxylic acids is 1. The maximum atomic E-state index is 11.8. The van der Waals surface area contributed by atoms with Crippen LogP contribution in [0.1, 0.15) is 91.4 Å². The summed E-state index contributed by atoms with van der Waals surface area (Å²) >= 11 is 0. The second kappa shape index (κ2) is 11.7. The largest absolute Gasteiger partial charge is 0.465 e. The third-order valence-corrected chi connectivity index (χ3v) is 10.9. The van der Waals surface area contributed by atoms with E-state index in [1.807, 2.05) is 6.92 Å². The van der Waals surface area contributed by atoms with E-state index in [1.165, 1.54) is 44.1 Å². The summed E-state index contributed by atoms with van der Waals surface area (Å²) in [5.74, 6) is 1.59. The molecule has 0 spiro atoms. The molecule has 0 aromatic heterocycles. The quantitative estimate of drug-likeness (QED) is 0.302. The van der Waals surface area contributed by atoms with Crippen LogP contribution in [-0.4, -0.2) is 68.8 Å². The van der Waals surface area contributed by atoms with Crippen molar-refractivity contribution in [2.45, 2.75) is 110 Å². The minimum atomic E-state index is -0.119. The van der Waals surface area contributed by atoms with E-state index in [2.05, 4.69) is 25.3 Å². The van der Waals surface area contributed by atoms with E-state index in [4.69, 9.17) is 18.9 Å². The monoisotopic (exact) mass is 517 g/mol. The average molecular weight is 518 g/mol. The number of nitrogens with zero attached hydrogens (tertiary/aromatic N) is 1. The van der Waals surface area contributed by atoms with E-state index in [0.717, 1.165) is 58.4 Å². The highest BCUT2D eigenvalue weighted by Gasteiger charge is 2.60.